The van der Waals surface area contributed by atoms with Gasteiger partial charge in [-0.05, 0) is 52.7 Å². The molecule has 0 atom stereocenters. The SMILES string of the molecule is COc1ccc(C(=O)COC(=O)/C=C/c2ccsc2)cc1. The van der Waals surface area contributed by atoms with E-state index in [1.165, 1.54) is 6.08 Å². The van der Waals surface area contributed by atoms with Crippen LogP contribution in [0.25, 0.3) is 6.08 Å². The molecule has 0 amide bonds. The highest BCUT2D eigenvalue weighted by Gasteiger charge is 2.08. The average Bonchev–Trinajstić information content (AvgIpc) is 3.04. The molecule has 0 N–H and O–H groups in total. The Labute approximate surface area is 126 Å². The van der Waals surface area contributed by atoms with Gasteiger partial charge in [0.15, 0.2) is 12.4 Å². The lowest BCUT2D eigenvalue weighted by Gasteiger charge is -2.03. The van der Waals surface area contributed by atoms with Gasteiger partial charge in [0.1, 0.15) is 5.75 Å². The van der Waals surface area contributed by atoms with E-state index in [0.717, 1.165) is 5.56 Å². The minimum absolute atomic E-state index is 0.255. The zero-order valence-corrected chi connectivity index (χ0v) is 12.3. The van der Waals surface area contributed by atoms with E-state index in [1.54, 1.807) is 48.8 Å². The van der Waals surface area contributed by atoms with Gasteiger partial charge >= 0.3 is 5.97 Å². The molecule has 5 heteroatoms. The van der Waals surface area contributed by atoms with Crippen LogP contribution in [-0.2, 0) is 9.53 Å². The van der Waals surface area contributed by atoms with Gasteiger partial charge in [0.05, 0.1) is 7.11 Å². The highest BCUT2D eigenvalue weighted by molar-refractivity contribution is 7.08. The monoisotopic (exact) mass is 302 g/mol. The minimum atomic E-state index is -0.539. The topological polar surface area (TPSA) is 52.6 Å². The molecule has 0 saturated carbocycles. The zero-order chi connectivity index (χ0) is 15.1. The molecule has 108 valence electrons. The third-order valence-electron chi connectivity index (χ3n) is 2.71. The lowest BCUT2D eigenvalue weighted by atomic mass is 10.1. The minimum Gasteiger partial charge on any atom is -0.497 e. The number of Topliss-reactive ketones (excluding diaryl/α,β-unsaturated/α-hetero) is 1. The van der Waals surface area contributed by atoms with Gasteiger partial charge in [-0.2, -0.15) is 11.3 Å². The Kier molecular flexibility index (Phi) is 5.29. The normalized spacial score (nSPS) is 10.5. The second-order valence-corrected chi connectivity index (χ2v) is 4.93. The van der Waals surface area contributed by atoms with Crippen LogP contribution in [-0.4, -0.2) is 25.5 Å². The number of hydrogen-bond acceptors (Lipinski definition) is 5. The molecule has 0 aliphatic rings. The fourth-order valence-corrected chi connectivity index (χ4v) is 2.21. The van der Waals surface area contributed by atoms with Crippen molar-refractivity contribution in [3.8, 4) is 5.75 Å². The number of carbonyl (C=O) groups is 2. The van der Waals surface area contributed by atoms with Crippen LogP contribution < -0.4 is 4.74 Å². The van der Waals surface area contributed by atoms with Gasteiger partial charge in [0, 0.05) is 11.6 Å². The highest BCUT2D eigenvalue weighted by Crippen LogP contribution is 2.12. The van der Waals surface area contributed by atoms with Crippen LogP contribution in [0.5, 0.6) is 5.75 Å². The van der Waals surface area contributed by atoms with Crippen LogP contribution in [0, 0.1) is 0 Å². The molecule has 1 aromatic carbocycles. The van der Waals surface area contributed by atoms with Crippen molar-refractivity contribution in [2.24, 2.45) is 0 Å². The van der Waals surface area contributed by atoms with Crippen LogP contribution in [0.2, 0.25) is 0 Å². The lowest BCUT2D eigenvalue weighted by molar-refractivity contribution is -0.136. The molecule has 0 bridgehead atoms. The van der Waals surface area contributed by atoms with Crippen molar-refractivity contribution in [3.05, 3.63) is 58.3 Å². The molecule has 0 spiro atoms. The lowest BCUT2D eigenvalue weighted by Crippen LogP contribution is -2.12. The van der Waals surface area contributed by atoms with Crippen molar-refractivity contribution in [1.29, 1.82) is 0 Å². The van der Waals surface area contributed by atoms with E-state index in [9.17, 15) is 9.59 Å². The summed E-state index contributed by atoms with van der Waals surface area (Å²) in [5, 5.41) is 3.82. The van der Waals surface area contributed by atoms with Crippen molar-refractivity contribution in [2.75, 3.05) is 13.7 Å². The first-order chi connectivity index (χ1) is 10.2. The summed E-state index contributed by atoms with van der Waals surface area (Å²) in [6.07, 6.45) is 2.96. The van der Waals surface area contributed by atoms with E-state index in [1.807, 2.05) is 16.8 Å². The van der Waals surface area contributed by atoms with Gasteiger partial charge in [-0.25, -0.2) is 4.79 Å². The van der Waals surface area contributed by atoms with Crippen molar-refractivity contribution < 1.29 is 19.1 Å². The number of carbonyl (C=O) groups excluding carboxylic acids is 2. The number of methoxy groups -OCH3 is 1. The summed E-state index contributed by atoms with van der Waals surface area (Å²) >= 11 is 1.54. The molecule has 0 unspecified atom stereocenters. The Morgan fingerprint density at radius 1 is 1.19 bits per heavy atom. The van der Waals surface area contributed by atoms with Crippen molar-refractivity contribution >= 4 is 29.2 Å². The summed E-state index contributed by atoms with van der Waals surface area (Å²) in [6, 6.07) is 8.53. The van der Waals surface area contributed by atoms with Crippen molar-refractivity contribution in [3.63, 3.8) is 0 Å². The number of benzene rings is 1. The molecule has 0 aliphatic heterocycles. The summed E-state index contributed by atoms with van der Waals surface area (Å²) < 4.78 is 9.92. The Morgan fingerprint density at radius 2 is 1.95 bits per heavy atom. The summed E-state index contributed by atoms with van der Waals surface area (Å²) in [4.78, 5) is 23.3. The maximum absolute atomic E-state index is 11.8. The first-order valence-corrected chi connectivity index (χ1v) is 7.17. The third-order valence-corrected chi connectivity index (χ3v) is 3.41. The smallest absolute Gasteiger partial charge is 0.331 e. The van der Waals surface area contributed by atoms with E-state index in [-0.39, 0.29) is 12.4 Å². The summed E-state index contributed by atoms with van der Waals surface area (Å²) in [7, 11) is 1.55. The van der Waals surface area contributed by atoms with Gasteiger partial charge < -0.3 is 9.47 Å². The van der Waals surface area contributed by atoms with E-state index < -0.39 is 5.97 Å². The largest absolute Gasteiger partial charge is 0.497 e. The average molecular weight is 302 g/mol. The van der Waals surface area contributed by atoms with E-state index in [4.69, 9.17) is 9.47 Å². The fraction of sp³-hybridized carbons (Fsp3) is 0.125. The number of hydrogen-bond donors (Lipinski definition) is 0. The Morgan fingerprint density at radius 3 is 2.57 bits per heavy atom. The zero-order valence-electron chi connectivity index (χ0n) is 11.4. The van der Waals surface area contributed by atoms with E-state index in [0.29, 0.717) is 11.3 Å². The number of esters is 1. The standard InChI is InChI=1S/C16H14O4S/c1-19-14-5-3-13(4-6-14)15(17)10-20-16(18)7-2-12-8-9-21-11-12/h2-9,11H,10H2,1H3/b7-2+. The predicted molar refractivity (Wildman–Crippen MR) is 81.6 cm³/mol. The molecular formula is C16H14O4S. The third kappa shape index (κ3) is 4.57. The number of ketones is 1. The number of ether oxygens (including phenoxy) is 2. The molecule has 2 aromatic rings. The fourth-order valence-electron chi connectivity index (χ4n) is 1.58. The van der Waals surface area contributed by atoms with E-state index in [2.05, 4.69) is 0 Å². The van der Waals surface area contributed by atoms with Crippen molar-refractivity contribution in [2.45, 2.75) is 0 Å². The Hall–Kier alpha value is -2.40. The van der Waals surface area contributed by atoms with Crippen LogP contribution >= 0.6 is 11.3 Å². The van der Waals surface area contributed by atoms with Crippen LogP contribution in [0.4, 0.5) is 0 Å². The predicted octanol–water partition coefficient (Wildman–Crippen LogP) is 3.20. The molecule has 1 aromatic heterocycles. The summed E-state index contributed by atoms with van der Waals surface area (Å²) in [5.41, 5.74) is 1.41. The molecule has 2 rings (SSSR count). The van der Waals surface area contributed by atoms with Gasteiger partial charge in [-0.3, -0.25) is 4.79 Å². The second-order valence-electron chi connectivity index (χ2n) is 4.15. The highest BCUT2D eigenvalue weighted by atomic mass is 32.1. The Balaban J connectivity index is 1.84. The summed E-state index contributed by atoms with van der Waals surface area (Å²) in [5.74, 6) is -0.125. The maximum Gasteiger partial charge on any atom is 0.331 e. The Bertz CT molecular complexity index is 627. The van der Waals surface area contributed by atoms with Gasteiger partial charge in [0.25, 0.3) is 0 Å². The number of rotatable bonds is 6. The molecule has 0 saturated heterocycles. The molecule has 21 heavy (non-hydrogen) atoms. The first kappa shape index (κ1) is 15.0. The molecule has 4 nitrogen and oxygen atoms in total. The van der Waals surface area contributed by atoms with E-state index >= 15 is 0 Å². The molecule has 1 heterocycles. The summed E-state index contributed by atoms with van der Waals surface area (Å²) in [6.45, 7) is -0.279. The molecular weight excluding hydrogens is 288 g/mol. The van der Waals surface area contributed by atoms with Crippen molar-refractivity contribution in [1.82, 2.24) is 0 Å². The molecule has 0 fully saturated rings. The quantitative estimate of drug-likeness (QED) is 0.467. The molecule has 0 radical (unpaired) electrons. The van der Waals surface area contributed by atoms with Crippen LogP contribution in [0.15, 0.2) is 47.2 Å². The van der Waals surface area contributed by atoms with Gasteiger partial charge in [-0.15, -0.1) is 0 Å². The van der Waals surface area contributed by atoms with Crippen LogP contribution in [0.3, 0.4) is 0 Å². The van der Waals surface area contributed by atoms with Gasteiger partial charge in [0.2, 0.25) is 0 Å². The van der Waals surface area contributed by atoms with Crippen LogP contribution in [0.1, 0.15) is 15.9 Å². The molecule has 0 aliphatic carbocycles. The number of thiophene rings is 1. The van der Waals surface area contributed by atoms with Gasteiger partial charge in [-0.1, -0.05) is 0 Å². The maximum atomic E-state index is 11.8. The first-order valence-electron chi connectivity index (χ1n) is 6.23. The second kappa shape index (κ2) is 7.40.